The van der Waals surface area contributed by atoms with Crippen LogP contribution < -0.4 is 21.3 Å². The molecule has 0 heterocycles. The molecule has 0 radical (unpaired) electrons. The number of carbonyl (C=O) groups is 1. The van der Waals surface area contributed by atoms with E-state index in [1.807, 2.05) is 0 Å². The Labute approximate surface area is 117 Å². The molecule has 0 rings (SSSR count). The minimum absolute atomic E-state index is 0.130. The standard InChI is InChI=1S/C13H30N4O2/c1-5-15-8-13(9-16-6-2,10-17-7-3)11-19-12(18)14-4/h15-17H,5-11H2,1-4H3,(H,14,18). The molecule has 19 heavy (non-hydrogen) atoms. The lowest BCUT2D eigenvalue weighted by atomic mass is 9.88. The molecule has 0 atom stereocenters. The van der Waals surface area contributed by atoms with E-state index in [9.17, 15) is 4.79 Å². The molecular formula is C13H30N4O2. The van der Waals surface area contributed by atoms with Gasteiger partial charge < -0.3 is 26.0 Å². The summed E-state index contributed by atoms with van der Waals surface area (Å²) in [5.74, 6) is 0. The van der Waals surface area contributed by atoms with Gasteiger partial charge in [0.15, 0.2) is 0 Å². The van der Waals surface area contributed by atoms with Crippen LogP contribution in [0.2, 0.25) is 0 Å². The highest BCUT2D eigenvalue weighted by Gasteiger charge is 2.30. The number of hydrogen-bond donors (Lipinski definition) is 4. The second-order valence-electron chi connectivity index (χ2n) is 4.67. The molecule has 0 unspecified atom stereocenters. The van der Waals surface area contributed by atoms with Gasteiger partial charge in [-0.3, -0.25) is 0 Å². The molecule has 0 aliphatic rings. The fourth-order valence-corrected chi connectivity index (χ4v) is 1.80. The lowest BCUT2D eigenvalue weighted by Crippen LogP contribution is -2.52. The Hall–Kier alpha value is -0.850. The Morgan fingerprint density at radius 3 is 1.68 bits per heavy atom. The zero-order chi connectivity index (χ0) is 14.6. The van der Waals surface area contributed by atoms with E-state index in [0.717, 1.165) is 39.3 Å². The minimum atomic E-state index is -0.381. The first-order valence-electron chi connectivity index (χ1n) is 7.10. The third kappa shape index (κ3) is 8.02. The van der Waals surface area contributed by atoms with Crippen LogP contribution in [-0.2, 0) is 4.74 Å². The maximum atomic E-state index is 11.3. The first kappa shape index (κ1) is 18.1. The van der Waals surface area contributed by atoms with Crippen LogP contribution in [0.5, 0.6) is 0 Å². The van der Waals surface area contributed by atoms with Crippen molar-refractivity contribution in [1.29, 1.82) is 0 Å². The summed E-state index contributed by atoms with van der Waals surface area (Å²) >= 11 is 0. The van der Waals surface area contributed by atoms with Gasteiger partial charge in [0.1, 0.15) is 6.61 Å². The van der Waals surface area contributed by atoms with Crippen LogP contribution in [0.3, 0.4) is 0 Å². The van der Waals surface area contributed by atoms with Crippen molar-refractivity contribution in [3.63, 3.8) is 0 Å². The molecule has 4 N–H and O–H groups in total. The van der Waals surface area contributed by atoms with E-state index in [2.05, 4.69) is 42.0 Å². The van der Waals surface area contributed by atoms with Gasteiger partial charge in [0.25, 0.3) is 0 Å². The zero-order valence-electron chi connectivity index (χ0n) is 12.8. The number of alkyl carbamates (subject to hydrolysis) is 1. The third-order valence-electron chi connectivity index (χ3n) is 2.96. The SMILES string of the molecule is CCNCC(CNCC)(CNCC)COC(=O)NC. The smallest absolute Gasteiger partial charge is 0.406 e. The van der Waals surface area contributed by atoms with Gasteiger partial charge in [0, 0.05) is 32.1 Å². The van der Waals surface area contributed by atoms with Crippen LogP contribution in [0, 0.1) is 5.41 Å². The molecule has 114 valence electrons. The van der Waals surface area contributed by atoms with Crippen molar-refractivity contribution in [1.82, 2.24) is 21.3 Å². The van der Waals surface area contributed by atoms with Crippen molar-refractivity contribution in [2.45, 2.75) is 20.8 Å². The van der Waals surface area contributed by atoms with Gasteiger partial charge in [0.05, 0.1) is 0 Å². The lowest BCUT2D eigenvalue weighted by Gasteiger charge is -2.34. The number of hydrogen-bond acceptors (Lipinski definition) is 5. The van der Waals surface area contributed by atoms with Crippen molar-refractivity contribution < 1.29 is 9.53 Å². The largest absolute Gasteiger partial charge is 0.449 e. The molecule has 0 saturated carbocycles. The van der Waals surface area contributed by atoms with Crippen LogP contribution in [-0.4, -0.2) is 59.0 Å². The monoisotopic (exact) mass is 274 g/mol. The first-order valence-corrected chi connectivity index (χ1v) is 7.10. The average Bonchev–Trinajstić information content (AvgIpc) is 2.45. The topological polar surface area (TPSA) is 74.4 Å². The van der Waals surface area contributed by atoms with E-state index in [0.29, 0.717) is 6.61 Å². The summed E-state index contributed by atoms with van der Waals surface area (Å²) in [5.41, 5.74) is -0.130. The maximum Gasteiger partial charge on any atom is 0.406 e. The van der Waals surface area contributed by atoms with E-state index in [4.69, 9.17) is 4.74 Å². The highest BCUT2D eigenvalue weighted by atomic mass is 16.5. The highest BCUT2D eigenvalue weighted by Crippen LogP contribution is 2.15. The molecule has 0 aromatic rings. The number of carbonyl (C=O) groups excluding carboxylic acids is 1. The second-order valence-corrected chi connectivity index (χ2v) is 4.67. The number of nitrogens with one attached hydrogen (secondary N) is 4. The van der Waals surface area contributed by atoms with Crippen LogP contribution in [0.25, 0.3) is 0 Å². The Morgan fingerprint density at radius 1 is 0.947 bits per heavy atom. The second kappa shape index (κ2) is 11.0. The van der Waals surface area contributed by atoms with Gasteiger partial charge in [-0.1, -0.05) is 20.8 Å². The molecule has 0 aliphatic carbocycles. The Morgan fingerprint density at radius 2 is 1.37 bits per heavy atom. The summed E-state index contributed by atoms with van der Waals surface area (Å²) in [6.07, 6.45) is -0.381. The van der Waals surface area contributed by atoms with E-state index in [-0.39, 0.29) is 11.5 Å². The molecule has 0 aromatic carbocycles. The van der Waals surface area contributed by atoms with E-state index >= 15 is 0 Å². The molecule has 0 bridgehead atoms. The molecule has 0 saturated heterocycles. The Bertz CT molecular complexity index is 215. The van der Waals surface area contributed by atoms with Gasteiger partial charge in [-0.2, -0.15) is 0 Å². The highest BCUT2D eigenvalue weighted by molar-refractivity contribution is 5.66. The Balaban J connectivity index is 4.60. The van der Waals surface area contributed by atoms with Crippen molar-refractivity contribution in [2.75, 3.05) is 52.9 Å². The molecular weight excluding hydrogens is 244 g/mol. The van der Waals surface area contributed by atoms with Gasteiger partial charge in [-0.25, -0.2) is 4.79 Å². The molecule has 0 spiro atoms. The van der Waals surface area contributed by atoms with Gasteiger partial charge in [0.2, 0.25) is 0 Å². The number of ether oxygens (including phenoxy) is 1. The quantitative estimate of drug-likeness (QED) is 0.432. The average molecular weight is 274 g/mol. The van der Waals surface area contributed by atoms with Crippen LogP contribution >= 0.6 is 0 Å². The summed E-state index contributed by atoms with van der Waals surface area (Å²) in [6.45, 7) is 11.7. The molecule has 1 amide bonds. The summed E-state index contributed by atoms with van der Waals surface area (Å²) in [6, 6.07) is 0. The van der Waals surface area contributed by atoms with E-state index < -0.39 is 0 Å². The summed E-state index contributed by atoms with van der Waals surface area (Å²) in [7, 11) is 1.57. The summed E-state index contributed by atoms with van der Waals surface area (Å²) in [4.78, 5) is 11.3. The molecule has 0 fully saturated rings. The van der Waals surface area contributed by atoms with Crippen molar-refractivity contribution in [3.05, 3.63) is 0 Å². The van der Waals surface area contributed by atoms with Crippen LogP contribution in [0.1, 0.15) is 20.8 Å². The molecule has 6 nitrogen and oxygen atoms in total. The summed E-state index contributed by atoms with van der Waals surface area (Å²) < 4.78 is 5.28. The molecule has 0 aliphatic heterocycles. The van der Waals surface area contributed by atoms with Crippen molar-refractivity contribution >= 4 is 6.09 Å². The predicted octanol–water partition coefficient (Wildman–Crippen LogP) is 0.157. The lowest BCUT2D eigenvalue weighted by molar-refractivity contribution is 0.0808. The minimum Gasteiger partial charge on any atom is -0.449 e. The van der Waals surface area contributed by atoms with Crippen molar-refractivity contribution in [3.8, 4) is 0 Å². The van der Waals surface area contributed by atoms with E-state index in [1.165, 1.54) is 0 Å². The fourth-order valence-electron chi connectivity index (χ4n) is 1.80. The third-order valence-corrected chi connectivity index (χ3v) is 2.96. The first-order chi connectivity index (χ1) is 9.14. The van der Waals surface area contributed by atoms with Gasteiger partial charge in [-0.15, -0.1) is 0 Å². The molecule has 0 aromatic heterocycles. The fraction of sp³-hybridized carbons (Fsp3) is 0.923. The Kier molecular flexibility index (Phi) is 10.5. The normalized spacial score (nSPS) is 11.4. The van der Waals surface area contributed by atoms with Gasteiger partial charge in [-0.05, 0) is 19.6 Å². The van der Waals surface area contributed by atoms with Crippen LogP contribution in [0.15, 0.2) is 0 Å². The van der Waals surface area contributed by atoms with E-state index in [1.54, 1.807) is 7.05 Å². The molecule has 6 heteroatoms. The van der Waals surface area contributed by atoms with Crippen molar-refractivity contribution in [2.24, 2.45) is 5.41 Å². The van der Waals surface area contributed by atoms with Crippen LogP contribution in [0.4, 0.5) is 4.79 Å². The zero-order valence-corrected chi connectivity index (χ0v) is 12.8. The predicted molar refractivity (Wildman–Crippen MR) is 78.5 cm³/mol. The van der Waals surface area contributed by atoms with Gasteiger partial charge >= 0.3 is 6.09 Å². The maximum absolute atomic E-state index is 11.3. The summed E-state index contributed by atoms with van der Waals surface area (Å²) in [5, 5.41) is 12.6. The number of rotatable bonds is 11. The number of amides is 1.